The third kappa shape index (κ3) is 2.52. The number of fused-ring (bicyclic) bond motifs is 1. The van der Waals surface area contributed by atoms with Gasteiger partial charge in [0, 0.05) is 18.0 Å². The minimum atomic E-state index is -0.741. The number of aliphatic carboxylic acids is 1. The molecule has 5 nitrogen and oxygen atoms in total. The van der Waals surface area contributed by atoms with Gasteiger partial charge in [-0.05, 0) is 42.7 Å². The van der Waals surface area contributed by atoms with Crippen molar-refractivity contribution in [2.75, 3.05) is 13.1 Å². The summed E-state index contributed by atoms with van der Waals surface area (Å²) in [6, 6.07) is 1.92. The van der Waals surface area contributed by atoms with Crippen molar-refractivity contribution in [2.45, 2.75) is 32.7 Å². The zero-order chi connectivity index (χ0) is 15.0. The average Bonchev–Trinajstić information content (AvgIpc) is 3.09. The van der Waals surface area contributed by atoms with E-state index in [0.29, 0.717) is 26.1 Å². The standard InChI is InChI=1S/C15H20N2O3S/c1-10-5-12(21-8-10)6-16-14(20)17-7-11-3-2-4-15(11,9-17)13(18)19/h5,8,11H,2-4,6-7,9H2,1H3,(H,16,20)(H,18,19)/t11-,15+/m0/s1. The highest BCUT2D eigenvalue weighted by molar-refractivity contribution is 7.10. The first-order chi connectivity index (χ1) is 10.0. The zero-order valence-corrected chi connectivity index (χ0v) is 12.9. The predicted molar refractivity (Wildman–Crippen MR) is 80.3 cm³/mol. The second-order valence-corrected chi connectivity index (χ2v) is 7.18. The number of aryl methyl sites for hydroxylation is 1. The first-order valence-electron chi connectivity index (χ1n) is 7.31. The van der Waals surface area contributed by atoms with E-state index in [9.17, 15) is 14.7 Å². The Bertz CT molecular complexity index is 571. The molecule has 1 aromatic heterocycles. The first kappa shape index (κ1) is 14.4. The molecule has 0 bridgehead atoms. The van der Waals surface area contributed by atoms with Crippen LogP contribution in [0.2, 0.25) is 0 Å². The van der Waals surface area contributed by atoms with Crippen molar-refractivity contribution >= 4 is 23.3 Å². The van der Waals surface area contributed by atoms with Crippen molar-refractivity contribution in [2.24, 2.45) is 11.3 Å². The summed E-state index contributed by atoms with van der Waals surface area (Å²) in [6.07, 6.45) is 2.57. The normalized spacial score (nSPS) is 27.7. The van der Waals surface area contributed by atoms with E-state index in [-0.39, 0.29) is 11.9 Å². The Morgan fingerprint density at radius 2 is 2.38 bits per heavy atom. The van der Waals surface area contributed by atoms with Gasteiger partial charge in [0.2, 0.25) is 0 Å². The van der Waals surface area contributed by atoms with E-state index in [1.54, 1.807) is 16.2 Å². The lowest BCUT2D eigenvalue weighted by atomic mass is 9.81. The van der Waals surface area contributed by atoms with Crippen LogP contribution in [-0.4, -0.2) is 35.1 Å². The molecule has 1 saturated carbocycles. The number of hydrogen-bond acceptors (Lipinski definition) is 3. The van der Waals surface area contributed by atoms with Gasteiger partial charge in [0.05, 0.1) is 12.0 Å². The number of carboxylic acids is 1. The lowest BCUT2D eigenvalue weighted by Crippen LogP contribution is -2.41. The van der Waals surface area contributed by atoms with Gasteiger partial charge >= 0.3 is 12.0 Å². The van der Waals surface area contributed by atoms with Gasteiger partial charge in [-0.25, -0.2) is 4.79 Å². The molecule has 0 spiro atoms. The molecule has 2 heterocycles. The summed E-state index contributed by atoms with van der Waals surface area (Å²) in [5, 5.41) is 14.5. The molecule has 1 aliphatic carbocycles. The zero-order valence-electron chi connectivity index (χ0n) is 12.1. The molecule has 0 aromatic carbocycles. The van der Waals surface area contributed by atoms with E-state index >= 15 is 0 Å². The molecule has 6 heteroatoms. The Kier molecular flexibility index (Phi) is 3.65. The monoisotopic (exact) mass is 308 g/mol. The molecule has 0 unspecified atom stereocenters. The predicted octanol–water partition coefficient (Wildman–Crippen LogP) is 2.45. The van der Waals surface area contributed by atoms with Gasteiger partial charge in [0.1, 0.15) is 0 Å². The number of carbonyl (C=O) groups is 2. The van der Waals surface area contributed by atoms with E-state index < -0.39 is 11.4 Å². The van der Waals surface area contributed by atoms with Crippen LogP contribution in [0.3, 0.4) is 0 Å². The van der Waals surface area contributed by atoms with Crippen LogP contribution in [0.1, 0.15) is 29.7 Å². The van der Waals surface area contributed by atoms with Crippen LogP contribution in [-0.2, 0) is 11.3 Å². The second-order valence-electron chi connectivity index (χ2n) is 6.18. The maximum absolute atomic E-state index is 12.2. The minimum absolute atomic E-state index is 0.115. The number of nitrogens with one attached hydrogen (secondary N) is 1. The molecule has 2 amide bonds. The van der Waals surface area contributed by atoms with Crippen molar-refractivity contribution in [3.63, 3.8) is 0 Å². The molecule has 2 atom stereocenters. The van der Waals surface area contributed by atoms with Crippen LogP contribution in [0.15, 0.2) is 11.4 Å². The van der Waals surface area contributed by atoms with E-state index in [2.05, 4.69) is 16.8 Å². The minimum Gasteiger partial charge on any atom is -0.481 e. The van der Waals surface area contributed by atoms with Crippen molar-refractivity contribution < 1.29 is 14.7 Å². The first-order valence-corrected chi connectivity index (χ1v) is 8.19. The Balaban J connectivity index is 1.61. The number of thiophene rings is 1. The Hall–Kier alpha value is -1.56. The highest BCUT2D eigenvalue weighted by Gasteiger charge is 2.55. The Morgan fingerprint density at radius 3 is 3.00 bits per heavy atom. The van der Waals surface area contributed by atoms with E-state index in [4.69, 9.17) is 0 Å². The second kappa shape index (κ2) is 5.33. The third-order valence-corrected chi connectivity index (χ3v) is 5.84. The van der Waals surface area contributed by atoms with Crippen LogP contribution >= 0.6 is 11.3 Å². The van der Waals surface area contributed by atoms with Gasteiger partial charge in [0.15, 0.2) is 0 Å². The molecule has 1 aliphatic heterocycles. The van der Waals surface area contributed by atoms with Crippen molar-refractivity contribution in [3.8, 4) is 0 Å². The third-order valence-electron chi connectivity index (χ3n) is 4.78. The van der Waals surface area contributed by atoms with Gasteiger partial charge in [-0.15, -0.1) is 11.3 Å². The topological polar surface area (TPSA) is 69.6 Å². The number of hydrogen-bond donors (Lipinski definition) is 2. The molecule has 2 aliphatic rings. The summed E-state index contributed by atoms with van der Waals surface area (Å²) in [6.45, 7) is 3.46. The quantitative estimate of drug-likeness (QED) is 0.901. The highest BCUT2D eigenvalue weighted by Crippen LogP contribution is 2.48. The summed E-state index contributed by atoms with van der Waals surface area (Å²) in [5.41, 5.74) is 0.501. The van der Waals surface area contributed by atoms with E-state index in [0.717, 1.165) is 17.7 Å². The lowest BCUT2D eigenvalue weighted by molar-refractivity contribution is -0.149. The van der Waals surface area contributed by atoms with E-state index in [1.807, 2.05) is 6.92 Å². The van der Waals surface area contributed by atoms with Crippen LogP contribution in [0.4, 0.5) is 4.79 Å². The molecule has 3 rings (SSSR count). The van der Waals surface area contributed by atoms with Crippen LogP contribution in [0.5, 0.6) is 0 Å². The molecular weight excluding hydrogens is 288 g/mol. The van der Waals surface area contributed by atoms with Crippen LogP contribution in [0.25, 0.3) is 0 Å². The summed E-state index contributed by atoms with van der Waals surface area (Å²) in [7, 11) is 0. The summed E-state index contributed by atoms with van der Waals surface area (Å²) >= 11 is 1.63. The number of rotatable bonds is 3. The molecule has 114 valence electrons. The molecule has 1 saturated heterocycles. The number of nitrogens with zero attached hydrogens (tertiary/aromatic N) is 1. The molecule has 1 aromatic rings. The smallest absolute Gasteiger partial charge is 0.317 e. The van der Waals surface area contributed by atoms with Crippen molar-refractivity contribution in [3.05, 3.63) is 21.9 Å². The van der Waals surface area contributed by atoms with Gasteiger partial charge in [0.25, 0.3) is 0 Å². The number of carbonyl (C=O) groups excluding carboxylic acids is 1. The summed E-state index contributed by atoms with van der Waals surface area (Å²) < 4.78 is 0. The van der Waals surface area contributed by atoms with Gasteiger partial charge in [-0.3, -0.25) is 4.79 Å². The maximum Gasteiger partial charge on any atom is 0.317 e. The molecule has 2 fully saturated rings. The number of urea groups is 1. The largest absolute Gasteiger partial charge is 0.481 e. The fourth-order valence-electron chi connectivity index (χ4n) is 3.65. The molecule has 2 N–H and O–H groups in total. The van der Waals surface area contributed by atoms with Crippen LogP contribution < -0.4 is 5.32 Å². The fraction of sp³-hybridized carbons (Fsp3) is 0.600. The molecular formula is C15H20N2O3S. The van der Waals surface area contributed by atoms with Crippen molar-refractivity contribution in [1.29, 1.82) is 0 Å². The van der Waals surface area contributed by atoms with E-state index in [1.165, 1.54) is 5.56 Å². The number of amides is 2. The average molecular weight is 308 g/mol. The summed E-state index contributed by atoms with van der Waals surface area (Å²) in [4.78, 5) is 26.6. The van der Waals surface area contributed by atoms with Crippen molar-refractivity contribution in [1.82, 2.24) is 10.2 Å². The van der Waals surface area contributed by atoms with Gasteiger partial charge < -0.3 is 15.3 Å². The van der Waals surface area contributed by atoms with Crippen LogP contribution in [0, 0.1) is 18.3 Å². The molecule has 0 radical (unpaired) electrons. The van der Waals surface area contributed by atoms with Gasteiger partial charge in [-0.1, -0.05) is 6.42 Å². The van der Waals surface area contributed by atoms with Gasteiger partial charge in [-0.2, -0.15) is 0 Å². The maximum atomic E-state index is 12.2. The fourth-order valence-corrected chi connectivity index (χ4v) is 4.47. The number of carboxylic acid groups (broad SMARTS) is 1. The Morgan fingerprint density at radius 1 is 1.57 bits per heavy atom. The lowest BCUT2D eigenvalue weighted by Gasteiger charge is -2.23. The Labute approximate surface area is 128 Å². The molecule has 21 heavy (non-hydrogen) atoms. The number of likely N-dealkylation sites (tertiary alicyclic amines) is 1. The SMILES string of the molecule is Cc1csc(CNC(=O)N2C[C@@H]3CCC[C@@]3(C(=O)O)C2)c1. The summed E-state index contributed by atoms with van der Waals surface area (Å²) in [5.74, 6) is -0.626. The highest BCUT2D eigenvalue weighted by atomic mass is 32.1.